The van der Waals surface area contributed by atoms with Gasteiger partial charge in [-0.15, -0.1) is 0 Å². The molecule has 14 heteroatoms. The molecule has 0 radical (unpaired) electrons. The van der Waals surface area contributed by atoms with Crippen molar-refractivity contribution in [3.05, 3.63) is 70.7 Å². The SMILES string of the molecule is O=C(CNC(=O)[C@@]1(NC(=O)CNC(=O)Cc2ccccc2F)CCc2[nH]c3c(C(F)(F)F)cccc3c2C1)NCC1CCOCC1. The summed E-state index contributed by atoms with van der Waals surface area (Å²) in [5, 5.41) is 10.8. The molecule has 0 unspecified atom stereocenters. The van der Waals surface area contributed by atoms with Crippen LogP contribution in [0.15, 0.2) is 42.5 Å². The number of aryl methyl sites for hydroxylation is 1. The molecule has 1 atom stereocenters. The van der Waals surface area contributed by atoms with Gasteiger partial charge in [-0.05, 0) is 54.9 Å². The minimum atomic E-state index is -4.62. The average Bonchev–Trinajstić information content (AvgIpc) is 3.40. The van der Waals surface area contributed by atoms with E-state index in [0.717, 1.165) is 18.9 Å². The number of amides is 4. The highest BCUT2D eigenvalue weighted by Gasteiger charge is 2.44. The first kappa shape index (κ1) is 32.9. The quantitative estimate of drug-likeness (QED) is 0.216. The van der Waals surface area contributed by atoms with Crippen molar-refractivity contribution in [2.75, 3.05) is 32.8 Å². The zero-order valence-corrected chi connectivity index (χ0v) is 25.0. The highest BCUT2D eigenvalue weighted by atomic mass is 19.4. The highest BCUT2D eigenvalue weighted by molar-refractivity contribution is 5.97. The first-order valence-corrected chi connectivity index (χ1v) is 15.1. The Morgan fingerprint density at radius 3 is 2.39 bits per heavy atom. The number of para-hydroxylation sites is 1. The Balaban J connectivity index is 1.31. The third kappa shape index (κ3) is 7.66. The number of halogens is 4. The van der Waals surface area contributed by atoms with E-state index in [1.54, 1.807) is 6.07 Å². The molecular weight excluding hydrogens is 610 g/mol. The third-order valence-corrected chi connectivity index (χ3v) is 8.52. The van der Waals surface area contributed by atoms with E-state index in [0.29, 0.717) is 31.0 Å². The molecule has 1 aromatic heterocycles. The summed E-state index contributed by atoms with van der Waals surface area (Å²) >= 11 is 0. The van der Waals surface area contributed by atoms with Crippen LogP contribution in [0.4, 0.5) is 17.6 Å². The second-order valence-corrected chi connectivity index (χ2v) is 11.7. The van der Waals surface area contributed by atoms with Crippen LogP contribution >= 0.6 is 0 Å². The molecule has 3 aromatic rings. The molecule has 1 fully saturated rings. The molecule has 2 heterocycles. The number of aromatic amines is 1. The van der Waals surface area contributed by atoms with E-state index in [2.05, 4.69) is 26.3 Å². The van der Waals surface area contributed by atoms with Gasteiger partial charge < -0.3 is 31.0 Å². The van der Waals surface area contributed by atoms with E-state index in [4.69, 9.17) is 4.74 Å². The Bertz CT molecular complexity index is 1620. The van der Waals surface area contributed by atoms with Crippen molar-refractivity contribution in [1.82, 2.24) is 26.3 Å². The summed E-state index contributed by atoms with van der Waals surface area (Å²) in [6.45, 7) is 0.740. The number of nitrogens with one attached hydrogen (secondary N) is 5. The van der Waals surface area contributed by atoms with Crippen LogP contribution in [0.1, 0.15) is 41.6 Å². The van der Waals surface area contributed by atoms with Gasteiger partial charge in [0.15, 0.2) is 0 Å². The lowest BCUT2D eigenvalue weighted by Crippen LogP contribution is -2.63. The van der Waals surface area contributed by atoms with Crippen molar-refractivity contribution in [2.24, 2.45) is 5.92 Å². The molecule has 5 rings (SSSR count). The van der Waals surface area contributed by atoms with Gasteiger partial charge >= 0.3 is 6.18 Å². The van der Waals surface area contributed by atoms with Crippen molar-refractivity contribution in [3.8, 4) is 0 Å². The average molecular weight is 646 g/mol. The first-order chi connectivity index (χ1) is 21.9. The predicted molar refractivity (Wildman–Crippen MR) is 159 cm³/mol. The summed E-state index contributed by atoms with van der Waals surface area (Å²) in [4.78, 5) is 54.7. The lowest BCUT2D eigenvalue weighted by molar-refractivity contribution is -0.136. The van der Waals surface area contributed by atoms with E-state index in [1.807, 2.05) is 0 Å². The number of hydrogen-bond acceptors (Lipinski definition) is 5. The summed E-state index contributed by atoms with van der Waals surface area (Å²) in [5.41, 5.74) is -1.51. The molecule has 2 aromatic carbocycles. The molecule has 1 aliphatic carbocycles. The van der Waals surface area contributed by atoms with Crippen LogP contribution in [-0.2, 0) is 49.4 Å². The van der Waals surface area contributed by atoms with Crippen molar-refractivity contribution >= 4 is 34.5 Å². The van der Waals surface area contributed by atoms with Gasteiger partial charge in [-0.2, -0.15) is 13.2 Å². The van der Waals surface area contributed by atoms with Crippen molar-refractivity contribution < 1.29 is 41.5 Å². The molecular formula is C32H35F4N5O5. The van der Waals surface area contributed by atoms with Gasteiger partial charge in [0.1, 0.15) is 11.4 Å². The first-order valence-electron chi connectivity index (χ1n) is 15.1. The number of H-pyrrole nitrogens is 1. The van der Waals surface area contributed by atoms with Crippen LogP contribution in [0.25, 0.3) is 10.9 Å². The smallest absolute Gasteiger partial charge is 0.381 e. The summed E-state index contributed by atoms with van der Waals surface area (Å²) < 4.78 is 60.6. The van der Waals surface area contributed by atoms with Gasteiger partial charge in [-0.3, -0.25) is 19.2 Å². The molecule has 246 valence electrons. The fourth-order valence-electron chi connectivity index (χ4n) is 6.03. The van der Waals surface area contributed by atoms with Crippen molar-refractivity contribution in [3.63, 3.8) is 0 Å². The lowest BCUT2D eigenvalue weighted by atomic mass is 9.78. The molecule has 5 N–H and O–H groups in total. The second kappa shape index (κ2) is 13.9. The largest absolute Gasteiger partial charge is 0.418 e. The number of rotatable bonds is 10. The van der Waals surface area contributed by atoms with E-state index in [-0.39, 0.29) is 54.6 Å². The zero-order chi connectivity index (χ0) is 32.9. The van der Waals surface area contributed by atoms with E-state index >= 15 is 0 Å². The normalized spacial score (nSPS) is 18.4. The van der Waals surface area contributed by atoms with Crippen LogP contribution in [0.2, 0.25) is 0 Å². The Morgan fingerprint density at radius 1 is 0.913 bits per heavy atom. The van der Waals surface area contributed by atoms with Crippen molar-refractivity contribution in [2.45, 2.75) is 50.2 Å². The molecule has 4 amide bonds. The van der Waals surface area contributed by atoms with E-state index in [1.165, 1.54) is 30.3 Å². The highest BCUT2D eigenvalue weighted by Crippen LogP contribution is 2.40. The fraction of sp³-hybridized carbons (Fsp3) is 0.438. The standard InChI is InChI=1S/C32H35F4N5O5/c33-24-7-2-1-4-20(24)14-26(42)38-18-28(44)41-31(30(45)39-17-27(43)37-16-19-9-12-46-13-10-19)11-8-25-22(15-31)21-5-3-6-23(29(21)40-25)32(34,35)36/h1-7,19,40H,8-18H2,(H,37,43)(H,38,42)(H,39,45)(H,41,44)/t31-/m1/s1. The lowest BCUT2D eigenvalue weighted by Gasteiger charge is -2.36. The van der Waals surface area contributed by atoms with Crippen LogP contribution in [-0.4, -0.2) is 67.0 Å². The maximum Gasteiger partial charge on any atom is 0.418 e. The number of fused-ring (bicyclic) bond motifs is 3. The van der Waals surface area contributed by atoms with Gasteiger partial charge in [0.25, 0.3) is 0 Å². The number of aromatic nitrogens is 1. The second-order valence-electron chi connectivity index (χ2n) is 11.7. The Morgan fingerprint density at radius 2 is 1.65 bits per heavy atom. The predicted octanol–water partition coefficient (Wildman–Crippen LogP) is 2.69. The summed E-state index contributed by atoms with van der Waals surface area (Å²) in [5.74, 6) is -2.79. The molecule has 0 saturated carbocycles. The molecule has 1 saturated heterocycles. The van der Waals surface area contributed by atoms with E-state index < -0.39 is 53.3 Å². The van der Waals surface area contributed by atoms with Gasteiger partial charge in [0.05, 0.1) is 30.6 Å². The topological polar surface area (TPSA) is 141 Å². The third-order valence-electron chi connectivity index (χ3n) is 8.52. The minimum absolute atomic E-state index is 0.0125. The Hall–Kier alpha value is -4.46. The minimum Gasteiger partial charge on any atom is -0.381 e. The monoisotopic (exact) mass is 645 g/mol. The number of ether oxygens (including phenoxy) is 1. The number of carbonyl (C=O) groups excluding carboxylic acids is 4. The summed E-state index contributed by atoms with van der Waals surface area (Å²) in [7, 11) is 0. The number of carbonyl (C=O) groups is 4. The fourth-order valence-corrected chi connectivity index (χ4v) is 6.03. The van der Waals surface area contributed by atoms with Crippen molar-refractivity contribution in [1.29, 1.82) is 0 Å². The van der Waals surface area contributed by atoms with Gasteiger partial charge in [0, 0.05) is 37.3 Å². The van der Waals surface area contributed by atoms with Gasteiger partial charge in [-0.1, -0.05) is 30.3 Å². The van der Waals surface area contributed by atoms with Gasteiger partial charge in [0.2, 0.25) is 23.6 Å². The number of benzene rings is 2. The molecule has 0 bridgehead atoms. The van der Waals surface area contributed by atoms with E-state index in [9.17, 15) is 36.7 Å². The number of hydrogen-bond donors (Lipinski definition) is 5. The molecule has 1 aliphatic heterocycles. The maximum atomic E-state index is 14.0. The Labute approximate surface area is 262 Å². The Kier molecular flexibility index (Phi) is 9.94. The number of alkyl halides is 3. The zero-order valence-electron chi connectivity index (χ0n) is 25.0. The molecule has 46 heavy (non-hydrogen) atoms. The summed E-state index contributed by atoms with van der Waals surface area (Å²) in [6, 6.07) is 9.48. The molecule has 2 aliphatic rings. The molecule has 10 nitrogen and oxygen atoms in total. The van der Waals surface area contributed by atoms with Crippen LogP contribution in [0, 0.1) is 11.7 Å². The van der Waals surface area contributed by atoms with Crippen LogP contribution < -0.4 is 21.3 Å². The van der Waals surface area contributed by atoms with Crippen LogP contribution in [0.5, 0.6) is 0 Å². The summed E-state index contributed by atoms with van der Waals surface area (Å²) in [6.07, 6.45) is -3.33. The van der Waals surface area contributed by atoms with Crippen LogP contribution in [0.3, 0.4) is 0 Å². The molecule has 0 spiro atoms. The van der Waals surface area contributed by atoms with Gasteiger partial charge in [-0.25, -0.2) is 4.39 Å². The maximum absolute atomic E-state index is 14.0.